The minimum absolute atomic E-state index is 0.482. The van der Waals surface area contributed by atoms with E-state index in [0.29, 0.717) is 12.0 Å². The maximum Gasteiger partial charge on any atom is 0.122 e. The maximum absolute atomic E-state index is 5.91. The summed E-state index contributed by atoms with van der Waals surface area (Å²) in [6.07, 6.45) is 2.25. The van der Waals surface area contributed by atoms with Gasteiger partial charge in [-0.2, -0.15) is 0 Å². The number of hydrogen-bond acceptors (Lipinski definition) is 2. The summed E-state index contributed by atoms with van der Waals surface area (Å²) in [6, 6.07) is 6.83. The van der Waals surface area contributed by atoms with E-state index >= 15 is 0 Å². The molecule has 0 atom stereocenters. The van der Waals surface area contributed by atoms with Crippen molar-refractivity contribution in [3.8, 4) is 5.75 Å². The van der Waals surface area contributed by atoms with Crippen LogP contribution in [0.3, 0.4) is 0 Å². The summed E-state index contributed by atoms with van der Waals surface area (Å²) in [6.45, 7) is 10.6. The van der Waals surface area contributed by atoms with Crippen molar-refractivity contribution < 1.29 is 4.74 Å². The van der Waals surface area contributed by atoms with Crippen LogP contribution in [0.2, 0.25) is 0 Å². The van der Waals surface area contributed by atoms with Gasteiger partial charge in [0.1, 0.15) is 5.75 Å². The quantitative estimate of drug-likeness (QED) is 0.697. The first-order valence-corrected chi connectivity index (χ1v) is 7.95. The molecule has 1 aromatic carbocycles. The van der Waals surface area contributed by atoms with E-state index < -0.39 is 0 Å². The molecule has 1 N–H and O–H groups in total. The second kappa shape index (κ2) is 8.60. The Hall–Kier alpha value is -0.540. The lowest BCUT2D eigenvalue weighted by Gasteiger charge is -2.14. The first-order valence-electron chi connectivity index (χ1n) is 7.16. The summed E-state index contributed by atoms with van der Waals surface area (Å²) >= 11 is 3.52. The third-order valence-corrected chi connectivity index (χ3v) is 3.47. The third-order valence-electron chi connectivity index (χ3n) is 2.98. The Bertz CT molecular complexity index is 377. The van der Waals surface area contributed by atoms with Crippen LogP contribution < -0.4 is 10.1 Å². The van der Waals surface area contributed by atoms with E-state index in [9.17, 15) is 0 Å². The van der Waals surface area contributed by atoms with Crippen LogP contribution in [-0.4, -0.2) is 19.2 Å². The number of nitrogens with one attached hydrogen (secondary N) is 1. The Labute approximate surface area is 126 Å². The SMILES string of the molecule is CC(C)NCCCCOc1ccc(Br)cc1C(C)C. The molecule has 1 aromatic rings. The normalized spacial score (nSPS) is 11.3. The highest BCUT2D eigenvalue weighted by Crippen LogP contribution is 2.29. The Morgan fingerprint density at radius 1 is 1.16 bits per heavy atom. The molecular weight excluding hydrogens is 302 g/mol. The average molecular weight is 328 g/mol. The van der Waals surface area contributed by atoms with Crippen molar-refractivity contribution in [1.82, 2.24) is 5.32 Å². The van der Waals surface area contributed by atoms with Gasteiger partial charge in [-0.1, -0.05) is 43.6 Å². The van der Waals surface area contributed by atoms with Crippen LogP contribution in [0.1, 0.15) is 52.0 Å². The van der Waals surface area contributed by atoms with Crippen LogP contribution in [0, 0.1) is 0 Å². The van der Waals surface area contributed by atoms with Gasteiger partial charge in [0.25, 0.3) is 0 Å². The molecule has 108 valence electrons. The fraction of sp³-hybridized carbons (Fsp3) is 0.625. The van der Waals surface area contributed by atoms with Gasteiger partial charge in [-0.15, -0.1) is 0 Å². The molecule has 0 saturated heterocycles. The first kappa shape index (κ1) is 16.5. The van der Waals surface area contributed by atoms with Crippen molar-refractivity contribution in [3.63, 3.8) is 0 Å². The van der Waals surface area contributed by atoms with E-state index in [1.165, 1.54) is 5.56 Å². The smallest absolute Gasteiger partial charge is 0.122 e. The van der Waals surface area contributed by atoms with Crippen molar-refractivity contribution in [2.24, 2.45) is 0 Å². The lowest BCUT2D eigenvalue weighted by atomic mass is 10.0. The predicted molar refractivity (Wildman–Crippen MR) is 86.1 cm³/mol. The topological polar surface area (TPSA) is 21.3 Å². The molecule has 0 fully saturated rings. The number of benzene rings is 1. The predicted octanol–water partition coefficient (Wildman–Crippen LogP) is 4.73. The van der Waals surface area contributed by atoms with E-state index in [-0.39, 0.29) is 0 Å². The van der Waals surface area contributed by atoms with E-state index in [1.54, 1.807) is 0 Å². The molecule has 0 aliphatic rings. The summed E-state index contributed by atoms with van der Waals surface area (Å²) in [4.78, 5) is 0. The molecule has 0 bridgehead atoms. The minimum Gasteiger partial charge on any atom is -0.493 e. The van der Waals surface area contributed by atoms with Crippen LogP contribution in [0.15, 0.2) is 22.7 Å². The monoisotopic (exact) mass is 327 g/mol. The van der Waals surface area contributed by atoms with Crippen molar-refractivity contribution in [2.45, 2.75) is 52.5 Å². The van der Waals surface area contributed by atoms with Gasteiger partial charge in [-0.25, -0.2) is 0 Å². The van der Waals surface area contributed by atoms with Gasteiger partial charge in [0, 0.05) is 10.5 Å². The number of hydrogen-bond donors (Lipinski definition) is 1. The van der Waals surface area contributed by atoms with Gasteiger partial charge >= 0.3 is 0 Å². The molecule has 0 amide bonds. The Morgan fingerprint density at radius 2 is 1.89 bits per heavy atom. The van der Waals surface area contributed by atoms with Gasteiger partial charge in [-0.3, -0.25) is 0 Å². The maximum atomic E-state index is 5.91. The van der Waals surface area contributed by atoms with Gasteiger partial charge in [0.2, 0.25) is 0 Å². The largest absolute Gasteiger partial charge is 0.493 e. The molecule has 0 unspecified atom stereocenters. The van der Waals surface area contributed by atoms with Crippen LogP contribution in [0.5, 0.6) is 5.75 Å². The summed E-state index contributed by atoms with van der Waals surface area (Å²) in [5.41, 5.74) is 1.27. The van der Waals surface area contributed by atoms with Crippen LogP contribution in [-0.2, 0) is 0 Å². The molecule has 0 heterocycles. The highest BCUT2D eigenvalue weighted by molar-refractivity contribution is 9.10. The van der Waals surface area contributed by atoms with Crippen molar-refractivity contribution in [2.75, 3.05) is 13.2 Å². The van der Waals surface area contributed by atoms with Crippen molar-refractivity contribution in [3.05, 3.63) is 28.2 Å². The Balaban J connectivity index is 2.37. The average Bonchev–Trinajstić information content (AvgIpc) is 2.34. The lowest BCUT2D eigenvalue weighted by Crippen LogP contribution is -2.23. The van der Waals surface area contributed by atoms with Crippen molar-refractivity contribution >= 4 is 15.9 Å². The summed E-state index contributed by atoms with van der Waals surface area (Å²) in [5.74, 6) is 1.50. The highest BCUT2D eigenvalue weighted by atomic mass is 79.9. The fourth-order valence-corrected chi connectivity index (χ4v) is 2.28. The zero-order valence-corrected chi connectivity index (χ0v) is 14.1. The van der Waals surface area contributed by atoms with Gasteiger partial charge in [0.05, 0.1) is 6.61 Å². The Kier molecular flexibility index (Phi) is 7.47. The second-order valence-electron chi connectivity index (χ2n) is 5.50. The van der Waals surface area contributed by atoms with Crippen LogP contribution in [0.4, 0.5) is 0 Å². The van der Waals surface area contributed by atoms with Gasteiger partial charge in [0.15, 0.2) is 0 Å². The number of ether oxygens (including phenoxy) is 1. The molecule has 1 rings (SSSR count). The molecule has 0 aliphatic carbocycles. The van der Waals surface area contributed by atoms with Crippen LogP contribution in [0.25, 0.3) is 0 Å². The molecule has 0 radical (unpaired) electrons. The third kappa shape index (κ3) is 6.44. The second-order valence-corrected chi connectivity index (χ2v) is 6.42. The molecule has 0 saturated carbocycles. The van der Waals surface area contributed by atoms with Crippen LogP contribution >= 0.6 is 15.9 Å². The minimum atomic E-state index is 0.482. The lowest BCUT2D eigenvalue weighted by molar-refractivity contribution is 0.301. The molecule has 0 aliphatic heterocycles. The number of halogens is 1. The summed E-state index contributed by atoms with van der Waals surface area (Å²) in [7, 11) is 0. The van der Waals surface area contributed by atoms with E-state index in [0.717, 1.165) is 36.2 Å². The fourth-order valence-electron chi connectivity index (χ4n) is 1.90. The van der Waals surface area contributed by atoms with Crippen molar-refractivity contribution in [1.29, 1.82) is 0 Å². The standard InChI is InChI=1S/C16H26BrNO/c1-12(2)15-11-14(17)7-8-16(15)19-10-6-5-9-18-13(3)4/h7-8,11-13,18H,5-6,9-10H2,1-4H3. The van der Waals surface area contributed by atoms with E-state index in [1.807, 2.05) is 6.07 Å². The van der Waals surface area contributed by atoms with Gasteiger partial charge < -0.3 is 10.1 Å². The molecule has 19 heavy (non-hydrogen) atoms. The molecule has 2 nitrogen and oxygen atoms in total. The zero-order chi connectivity index (χ0) is 14.3. The number of rotatable bonds is 8. The Morgan fingerprint density at radius 3 is 2.53 bits per heavy atom. The molecular formula is C16H26BrNO. The van der Waals surface area contributed by atoms with Gasteiger partial charge in [-0.05, 0) is 49.1 Å². The molecule has 0 spiro atoms. The number of unbranched alkanes of at least 4 members (excludes halogenated alkanes) is 1. The van der Waals surface area contributed by atoms with E-state index in [2.05, 4.69) is 61.1 Å². The summed E-state index contributed by atoms with van der Waals surface area (Å²) in [5, 5.41) is 3.42. The molecule has 3 heteroatoms. The van der Waals surface area contributed by atoms with E-state index in [4.69, 9.17) is 4.74 Å². The highest BCUT2D eigenvalue weighted by Gasteiger charge is 2.08. The summed E-state index contributed by atoms with van der Waals surface area (Å²) < 4.78 is 7.03. The zero-order valence-electron chi connectivity index (χ0n) is 12.5. The molecule has 0 aromatic heterocycles. The first-order chi connectivity index (χ1) is 9.00.